The van der Waals surface area contributed by atoms with Gasteiger partial charge in [0.05, 0.1) is 5.52 Å². The molecule has 1 heterocycles. The summed E-state index contributed by atoms with van der Waals surface area (Å²) in [7, 11) is 0. The number of hydrogen-bond donors (Lipinski definition) is 1. The Morgan fingerprint density at radius 3 is 3.00 bits per heavy atom. The average Bonchev–Trinajstić information content (AvgIpc) is 2.58. The van der Waals surface area contributed by atoms with Crippen molar-refractivity contribution in [1.29, 1.82) is 0 Å². The van der Waals surface area contributed by atoms with E-state index in [0.717, 1.165) is 17.1 Å². The van der Waals surface area contributed by atoms with Gasteiger partial charge < -0.3 is 5.11 Å². The third-order valence-electron chi connectivity index (χ3n) is 1.74. The fourth-order valence-corrected chi connectivity index (χ4v) is 1.13. The number of carboxylic acids is 1. The first kappa shape index (κ1) is 8.43. The second-order valence-corrected chi connectivity index (χ2v) is 2.68. The zero-order valence-electron chi connectivity index (χ0n) is 7.16. The van der Waals surface area contributed by atoms with Crippen LogP contribution in [-0.4, -0.2) is 26.1 Å². The fraction of sp³-hybridized carbons (Fsp3) is 0. The molecule has 0 atom stereocenters. The van der Waals surface area contributed by atoms with Crippen LogP contribution in [0, 0.1) is 0 Å². The Labute approximate surface area is 79.3 Å². The summed E-state index contributed by atoms with van der Waals surface area (Å²) in [5.41, 5.74) is 1.52. The van der Waals surface area contributed by atoms with Crippen LogP contribution in [0.5, 0.6) is 0 Å². The number of aromatic nitrogens is 3. The molecule has 14 heavy (non-hydrogen) atoms. The number of para-hydroxylation sites is 1. The van der Waals surface area contributed by atoms with Crippen LogP contribution in [0.25, 0.3) is 17.2 Å². The number of hydrogen-bond acceptors (Lipinski definition) is 3. The molecular formula is C9H7N3O2. The van der Waals surface area contributed by atoms with Gasteiger partial charge in [0.15, 0.2) is 0 Å². The number of fused-ring (bicyclic) bond motifs is 1. The van der Waals surface area contributed by atoms with Gasteiger partial charge in [-0.15, -0.1) is 5.10 Å². The highest BCUT2D eigenvalue weighted by Gasteiger charge is 1.99. The van der Waals surface area contributed by atoms with E-state index >= 15 is 0 Å². The second kappa shape index (κ2) is 3.29. The summed E-state index contributed by atoms with van der Waals surface area (Å²) >= 11 is 0. The lowest BCUT2D eigenvalue weighted by Gasteiger charge is -1.90. The van der Waals surface area contributed by atoms with Crippen LogP contribution in [0.1, 0.15) is 0 Å². The molecule has 1 aromatic heterocycles. The highest BCUT2D eigenvalue weighted by molar-refractivity contribution is 5.84. The van der Waals surface area contributed by atoms with Gasteiger partial charge in [0.1, 0.15) is 5.52 Å². The number of aliphatic carboxylic acids is 1. The van der Waals surface area contributed by atoms with E-state index in [1.54, 1.807) is 0 Å². The maximum atomic E-state index is 10.3. The molecule has 0 fully saturated rings. The quantitative estimate of drug-likeness (QED) is 0.715. The molecule has 0 aliphatic carbocycles. The zero-order chi connectivity index (χ0) is 9.97. The molecule has 1 aromatic carbocycles. The summed E-state index contributed by atoms with van der Waals surface area (Å²) in [6.07, 6.45) is 2.37. The molecule has 0 amide bonds. The summed E-state index contributed by atoms with van der Waals surface area (Å²) in [5, 5.41) is 16.1. The van der Waals surface area contributed by atoms with Gasteiger partial charge in [-0.2, -0.15) is 0 Å². The summed E-state index contributed by atoms with van der Waals surface area (Å²) in [6.45, 7) is 0. The highest BCUT2D eigenvalue weighted by Crippen LogP contribution is 2.09. The molecule has 70 valence electrons. The van der Waals surface area contributed by atoms with Crippen molar-refractivity contribution in [2.45, 2.75) is 0 Å². The molecule has 5 heteroatoms. The van der Waals surface area contributed by atoms with E-state index in [9.17, 15) is 4.79 Å². The van der Waals surface area contributed by atoms with Crippen molar-refractivity contribution in [3.8, 4) is 0 Å². The second-order valence-electron chi connectivity index (χ2n) is 2.68. The number of benzene rings is 1. The minimum atomic E-state index is -1.01. The van der Waals surface area contributed by atoms with Crippen LogP contribution in [0.4, 0.5) is 0 Å². The van der Waals surface area contributed by atoms with Gasteiger partial charge in [-0.1, -0.05) is 17.3 Å². The van der Waals surface area contributed by atoms with Crippen molar-refractivity contribution in [2.24, 2.45) is 0 Å². The molecule has 0 saturated carbocycles. The van der Waals surface area contributed by atoms with Crippen LogP contribution in [0.3, 0.4) is 0 Å². The Kier molecular flexibility index (Phi) is 1.98. The van der Waals surface area contributed by atoms with E-state index in [-0.39, 0.29) is 0 Å². The Bertz CT molecular complexity index is 501. The molecule has 2 rings (SSSR count). The van der Waals surface area contributed by atoms with Gasteiger partial charge in [-0.25, -0.2) is 9.48 Å². The smallest absolute Gasteiger partial charge is 0.329 e. The van der Waals surface area contributed by atoms with Crippen LogP contribution in [0.15, 0.2) is 30.3 Å². The van der Waals surface area contributed by atoms with E-state index in [1.807, 2.05) is 24.3 Å². The van der Waals surface area contributed by atoms with E-state index in [2.05, 4.69) is 10.3 Å². The zero-order valence-corrected chi connectivity index (χ0v) is 7.16. The molecule has 2 aromatic rings. The molecule has 0 saturated heterocycles. The first-order valence-electron chi connectivity index (χ1n) is 3.98. The Hall–Kier alpha value is -2.17. The topological polar surface area (TPSA) is 68.0 Å². The molecule has 5 nitrogen and oxygen atoms in total. The maximum Gasteiger partial charge on any atom is 0.329 e. The lowest BCUT2D eigenvalue weighted by Crippen LogP contribution is -1.92. The van der Waals surface area contributed by atoms with Crippen LogP contribution in [0.2, 0.25) is 0 Å². The monoisotopic (exact) mass is 189 g/mol. The van der Waals surface area contributed by atoms with Crippen molar-refractivity contribution in [1.82, 2.24) is 15.0 Å². The van der Waals surface area contributed by atoms with Gasteiger partial charge in [-0.3, -0.25) is 0 Å². The predicted molar refractivity (Wildman–Crippen MR) is 50.5 cm³/mol. The van der Waals surface area contributed by atoms with Crippen molar-refractivity contribution < 1.29 is 9.90 Å². The van der Waals surface area contributed by atoms with Crippen LogP contribution in [-0.2, 0) is 4.79 Å². The number of carbonyl (C=O) groups is 1. The lowest BCUT2D eigenvalue weighted by molar-refractivity contribution is -0.131. The molecule has 0 bridgehead atoms. The van der Waals surface area contributed by atoms with E-state index in [1.165, 1.54) is 10.9 Å². The summed E-state index contributed by atoms with van der Waals surface area (Å²) in [6, 6.07) is 7.33. The van der Waals surface area contributed by atoms with E-state index < -0.39 is 5.97 Å². The molecule has 0 spiro atoms. The third kappa shape index (κ3) is 1.47. The van der Waals surface area contributed by atoms with Gasteiger partial charge in [-0.05, 0) is 12.1 Å². The summed E-state index contributed by atoms with van der Waals surface area (Å²) in [5.74, 6) is -1.01. The van der Waals surface area contributed by atoms with E-state index in [4.69, 9.17) is 5.11 Å². The number of carboxylic acid groups (broad SMARTS) is 1. The predicted octanol–water partition coefficient (Wildman–Crippen LogP) is 0.987. The summed E-state index contributed by atoms with van der Waals surface area (Å²) < 4.78 is 1.42. The van der Waals surface area contributed by atoms with Crippen molar-refractivity contribution >= 4 is 23.2 Å². The van der Waals surface area contributed by atoms with E-state index in [0.29, 0.717) is 0 Å². The van der Waals surface area contributed by atoms with Crippen LogP contribution >= 0.6 is 0 Å². The van der Waals surface area contributed by atoms with Gasteiger partial charge >= 0.3 is 5.97 Å². The minimum Gasteiger partial charge on any atom is -0.478 e. The normalized spacial score (nSPS) is 11.1. The Morgan fingerprint density at radius 2 is 2.21 bits per heavy atom. The Morgan fingerprint density at radius 1 is 1.43 bits per heavy atom. The Balaban J connectivity index is 2.48. The SMILES string of the molecule is O=C(O)C=Cn1nnc2ccccc21. The first-order chi connectivity index (χ1) is 6.77. The molecule has 0 aliphatic rings. The molecule has 0 aliphatic heterocycles. The summed E-state index contributed by atoms with van der Waals surface area (Å²) in [4.78, 5) is 10.3. The average molecular weight is 189 g/mol. The van der Waals surface area contributed by atoms with Gasteiger partial charge in [0.25, 0.3) is 0 Å². The first-order valence-corrected chi connectivity index (χ1v) is 3.98. The standard InChI is InChI=1S/C9H7N3O2/c13-9(14)5-6-12-8-4-2-1-3-7(8)10-11-12/h1-6H,(H,13,14). The highest BCUT2D eigenvalue weighted by atomic mass is 16.4. The number of rotatable bonds is 2. The number of nitrogens with zero attached hydrogens (tertiary/aromatic N) is 3. The lowest BCUT2D eigenvalue weighted by atomic mass is 10.3. The van der Waals surface area contributed by atoms with Crippen molar-refractivity contribution in [3.05, 3.63) is 30.3 Å². The molecule has 0 radical (unpaired) electrons. The third-order valence-corrected chi connectivity index (χ3v) is 1.74. The fourth-order valence-electron chi connectivity index (χ4n) is 1.13. The molecule has 0 unspecified atom stereocenters. The maximum absolute atomic E-state index is 10.3. The molecule has 1 N–H and O–H groups in total. The van der Waals surface area contributed by atoms with Crippen molar-refractivity contribution in [2.75, 3.05) is 0 Å². The van der Waals surface area contributed by atoms with Gasteiger partial charge in [0.2, 0.25) is 0 Å². The minimum absolute atomic E-state index is 0.738. The molecular weight excluding hydrogens is 182 g/mol. The van der Waals surface area contributed by atoms with Crippen LogP contribution < -0.4 is 0 Å². The van der Waals surface area contributed by atoms with Gasteiger partial charge in [0, 0.05) is 12.3 Å². The largest absolute Gasteiger partial charge is 0.478 e. The van der Waals surface area contributed by atoms with Crippen molar-refractivity contribution in [3.63, 3.8) is 0 Å².